The standard InChI is InChI=1S/C33H34N4O5.C12H16N4O5.CH4/c1-38-33(29-18-17-27-32(34)35-23-36-37(27)29)31(41-21-26-15-9-4-10-16-26)30(40-20-25-13-7-3-8-14-25)28(42-33)22-39-19-24-11-5-2-6-12-24;1-20-12(10(19)9(18)7(4-17)21-12)8-3-2-6-11(13)14-5-15-16(6)8;/h2-18,23,28,30-31H,19-22H2,1H3,(H2,34,35,36);2-3,5,7,9-10,17-19H,4H2,1H3,(H2,13,14,15);1H4/t28-,30-,31-,33?;7-,9-,10-,12+;/m11./s1. The van der Waals surface area contributed by atoms with Crippen molar-refractivity contribution >= 4 is 22.7 Å². The molecule has 0 bridgehead atoms. The molecule has 0 spiro atoms. The number of nitrogens with zero attached hydrogens (tertiary/aromatic N) is 6. The molecule has 2 fully saturated rings. The van der Waals surface area contributed by atoms with E-state index in [-0.39, 0.29) is 19.9 Å². The van der Waals surface area contributed by atoms with Gasteiger partial charge in [0.25, 0.3) is 0 Å². The second-order valence-electron chi connectivity index (χ2n) is 15.0. The molecule has 8 atom stereocenters. The first-order valence-corrected chi connectivity index (χ1v) is 20.3. The van der Waals surface area contributed by atoms with Gasteiger partial charge in [-0.3, -0.25) is 0 Å². The molecule has 0 aliphatic carbocycles. The third-order valence-corrected chi connectivity index (χ3v) is 11.2. The number of aliphatic hydroxyl groups excluding tert-OH is 3. The van der Waals surface area contributed by atoms with Crippen molar-refractivity contribution in [3.05, 3.63) is 156 Å². The molecule has 1 unspecified atom stereocenters. The van der Waals surface area contributed by atoms with Crippen LogP contribution in [-0.2, 0) is 64.6 Å². The third-order valence-electron chi connectivity index (χ3n) is 11.2. The summed E-state index contributed by atoms with van der Waals surface area (Å²) in [4.78, 5) is 8.01. The second-order valence-corrected chi connectivity index (χ2v) is 15.0. The van der Waals surface area contributed by atoms with E-state index in [1.54, 1.807) is 23.8 Å². The van der Waals surface area contributed by atoms with Crippen molar-refractivity contribution in [2.45, 2.75) is 75.4 Å². The molecule has 338 valence electrons. The number of aliphatic hydroxyl groups is 3. The molecule has 64 heavy (non-hydrogen) atoms. The fourth-order valence-corrected chi connectivity index (χ4v) is 8.02. The number of methoxy groups -OCH3 is 2. The second kappa shape index (κ2) is 20.3. The maximum Gasteiger partial charge on any atom is 0.242 e. The highest BCUT2D eigenvalue weighted by Crippen LogP contribution is 2.45. The average molecular weight is 879 g/mol. The van der Waals surface area contributed by atoms with Crippen LogP contribution in [0.1, 0.15) is 35.5 Å². The molecule has 0 amide bonds. The summed E-state index contributed by atoms with van der Waals surface area (Å²) in [6.45, 7) is 0.913. The van der Waals surface area contributed by atoms with Crippen LogP contribution in [0.5, 0.6) is 0 Å². The summed E-state index contributed by atoms with van der Waals surface area (Å²) in [7, 11) is 2.93. The van der Waals surface area contributed by atoms with Gasteiger partial charge in [0.15, 0.2) is 11.6 Å². The molecule has 0 radical (unpaired) electrons. The Hall–Kier alpha value is -5.90. The molecule has 2 saturated heterocycles. The number of ether oxygens (including phenoxy) is 7. The fourth-order valence-electron chi connectivity index (χ4n) is 8.02. The number of hydrogen-bond donors (Lipinski definition) is 5. The van der Waals surface area contributed by atoms with Crippen LogP contribution in [0, 0.1) is 0 Å². The van der Waals surface area contributed by atoms with Gasteiger partial charge in [-0.15, -0.1) is 0 Å². The number of benzene rings is 3. The van der Waals surface area contributed by atoms with Crippen LogP contribution < -0.4 is 11.5 Å². The highest BCUT2D eigenvalue weighted by Gasteiger charge is 2.60. The minimum atomic E-state index is -1.65. The summed E-state index contributed by atoms with van der Waals surface area (Å²) < 4.78 is 46.6. The Kier molecular flexibility index (Phi) is 14.6. The van der Waals surface area contributed by atoms with Crippen molar-refractivity contribution in [3.63, 3.8) is 0 Å². The predicted octanol–water partition coefficient (Wildman–Crippen LogP) is 3.76. The lowest BCUT2D eigenvalue weighted by Gasteiger charge is -2.33. The monoisotopic (exact) mass is 878 g/mol. The Balaban J connectivity index is 0.000000234. The van der Waals surface area contributed by atoms with Crippen molar-refractivity contribution < 1.29 is 48.5 Å². The number of nitrogen functional groups attached to an aromatic ring is 2. The maximum atomic E-state index is 10.3. The zero-order chi connectivity index (χ0) is 44.0. The predicted molar refractivity (Wildman–Crippen MR) is 234 cm³/mol. The summed E-state index contributed by atoms with van der Waals surface area (Å²) in [6.07, 6.45) is -2.74. The van der Waals surface area contributed by atoms with Crippen molar-refractivity contribution in [1.29, 1.82) is 0 Å². The van der Waals surface area contributed by atoms with E-state index in [4.69, 9.17) is 44.6 Å². The average Bonchev–Trinajstić information content (AvgIpc) is 4.09. The van der Waals surface area contributed by atoms with E-state index in [9.17, 15) is 15.3 Å². The molecule has 0 saturated carbocycles. The van der Waals surface area contributed by atoms with Crippen LogP contribution in [0.2, 0.25) is 0 Å². The quantitative estimate of drug-likeness (QED) is 0.0986. The maximum absolute atomic E-state index is 10.3. The van der Waals surface area contributed by atoms with E-state index >= 15 is 0 Å². The van der Waals surface area contributed by atoms with Crippen LogP contribution in [0.3, 0.4) is 0 Å². The van der Waals surface area contributed by atoms with Gasteiger partial charge in [0.05, 0.1) is 33.0 Å². The zero-order valence-corrected chi connectivity index (χ0v) is 34.7. The Morgan fingerprint density at radius 1 is 0.625 bits per heavy atom. The molecule has 9 rings (SSSR count). The third kappa shape index (κ3) is 8.93. The summed E-state index contributed by atoms with van der Waals surface area (Å²) in [5.41, 5.74) is 17.2. The number of nitrogens with two attached hydrogens (primary N) is 2. The van der Waals surface area contributed by atoms with Crippen LogP contribution in [0.25, 0.3) is 11.0 Å². The van der Waals surface area contributed by atoms with Gasteiger partial charge < -0.3 is 59.9 Å². The number of fused-ring (bicyclic) bond motifs is 2. The zero-order valence-electron chi connectivity index (χ0n) is 34.7. The van der Waals surface area contributed by atoms with Gasteiger partial charge in [-0.05, 0) is 41.0 Å². The van der Waals surface area contributed by atoms with Gasteiger partial charge in [0, 0.05) is 14.2 Å². The van der Waals surface area contributed by atoms with E-state index < -0.39 is 54.8 Å². The topological polar surface area (TPSA) is 238 Å². The van der Waals surface area contributed by atoms with Crippen molar-refractivity contribution in [1.82, 2.24) is 29.2 Å². The van der Waals surface area contributed by atoms with Gasteiger partial charge in [0.1, 0.15) is 71.7 Å². The van der Waals surface area contributed by atoms with Gasteiger partial charge in [0.2, 0.25) is 11.6 Å². The van der Waals surface area contributed by atoms with E-state index in [0.29, 0.717) is 48.1 Å². The van der Waals surface area contributed by atoms with Gasteiger partial charge in [-0.25, -0.2) is 19.0 Å². The van der Waals surface area contributed by atoms with Gasteiger partial charge >= 0.3 is 0 Å². The lowest BCUT2D eigenvalue weighted by Crippen LogP contribution is -2.46. The molecule has 2 aliphatic heterocycles. The normalized spacial score (nSPS) is 25.3. The lowest BCUT2D eigenvalue weighted by molar-refractivity contribution is -0.271. The Morgan fingerprint density at radius 3 is 1.58 bits per heavy atom. The van der Waals surface area contributed by atoms with Crippen molar-refractivity contribution in [2.24, 2.45) is 0 Å². The lowest BCUT2D eigenvalue weighted by atomic mass is 10.0. The fraction of sp³-hybridized carbons (Fsp3) is 0.348. The largest absolute Gasteiger partial charge is 0.394 e. The van der Waals surface area contributed by atoms with E-state index in [2.05, 4.69) is 20.2 Å². The van der Waals surface area contributed by atoms with Crippen molar-refractivity contribution in [2.75, 3.05) is 38.9 Å². The summed E-state index contributed by atoms with van der Waals surface area (Å²) in [5.74, 6) is -2.43. The summed E-state index contributed by atoms with van der Waals surface area (Å²) in [6, 6.07) is 37.0. The van der Waals surface area contributed by atoms with Crippen LogP contribution in [0.4, 0.5) is 11.6 Å². The van der Waals surface area contributed by atoms with E-state index in [1.165, 1.54) is 24.3 Å². The molecule has 2 aliphatic rings. The smallest absolute Gasteiger partial charge is 0.242 e. The minimum Gasteiger partial charge on any atom is -0.394 e. The van der Waals surface area contributed by atoms with Crippen LogP contribution in [-0.4, -0.2) is 109 Å². The van der Waals surface area contributed by atoms with Crippen LogP contribution in [0.15, 0.2) is 128 Å². The molecule has 18 heteroatoms. The number of anilines is 2. The first-order valence-electron chi connectivity index (χ1n) is 20.3. The summed E-state index contributed by atoms with van der Waals surface area (Å²) >= 11 is 0. The summed E-state index contributed by atoms with van der Waals surface area (Å²) in [5, 5.41) is 38.0. The van der Waals surface area contributed by atoms with Crippen LogP contribution >= 0.6 is 0 Å². The molecular formula is C46H54N8O10. The Labute approximate surface area is 369 Å². The first-order chi connectivity index (χ1) is 30.7. The van der Waals surface area contributed by atoms with E-state index in [1.807, 2.05) is 103 Å². The minimum absolute atomic E-state index is 0. The molecule has 6 heterocycles. The Bertz CT molecular complexity index is 2550. The number of aromatic nitrogens is 6. The molecule has 7 aromatic rings. The molecular weight excluding hydrogens is 825 g/mol. The first kappa shape index (κ1) is 46.1. The molecule has 7 N–H and O–H groups in total. The highest BCUT2D eigenvalue weighted by atomic mass is 16.8. The van der Waals surface area contributed by atoms with E-state index in [0.717, 1.165) is 16.7 Å². The van der Waals surface area contributed by atoms with Crippen molar-refractivity contribution in [3.8, 4) is 0 Å². The van der Waals surface area contributed by atoms with Gasteiger partial charge in [-0.2, -0.15) is 10.2 Å². The Morgan fingerprint density at radius 2 is 1.09 bits per heavy atom. The SMILES string of the molecule is C.COC1(c2ccc3c(N)ncnn23)O[C@H](COCc2ccccc2)[C@@H](OCc2ccccc2)[C@H]1OCc1ccccc1.CO[C@@]1(c2ccc3c(N)ncnn23)O[C@H](CO)[C@@H](O)[C@H]1O. The highest BCUT2D eigenvalue weighted by molar-refractivity contribution is 5.66. The number of hydrogen-bond acceptors (Lipinski definition) is 16. The van der Waals surface area contributed by atoms with Gasteiger partial charge in [-0.1, -0.05) is 98.4 Å². The molecule has 4 aromatic heterocycles. The number of rotatable bonds is 15. The molecule has 18 nitrogen and oxygen atoms in total. The molecule has 3 aromatic carbocycles.